The smallest absolute Gasteiger partial charge is 0.257 e. The first-order valence-electron chi connectivity index (χ1n) is 11.0. The third-order valence-electron chi connectivity index (χ3n) is 5.98. The second-order valence-electron chi connectivity index (χ2n) is 8.34. The van der Waals surface area contributed by atoms with Crippen molar-refractivity contribution in [2.24, 2.45) is 0 Å². The van der Waals surface area contributed by atoms with E-state index in [0.29, 0.717) is 17.4 Å². The van der Waals surface area contributed by atoms with Gasteiger partial charge in [-0.3, -0.25) is 10.1 Å². The molecule has 0 unspecified atom stereocenters. The summed E-state index contributed by atoms with van der Waals surface area (Å²) >= 11 is 5.31. The Bertz CT molecular complexity index is 1330. The lowest BCUT2D eigenvalue weighted by molar-refractivity contribution is 0.0977. The van der Waals surface area contributed by atoms with Crippen molar-refractivity contribution in [2.75, 3.05) is 5.32 Å². The van der Waals surface area contributed by atoms with Gasteiger partial charge in [0.1, 0.15) is 5.52 Å². The lowest BCUT2D eigenvalue weighted by Gasteiger charge is -2.10. The van der Waals surface area contributed by atoms with E-state index in [2.05, 4.69) is 41.6 Å². The number of oxazole rings is 1. The highest BCUT2D eigenvalue weighted by Gasteiger charge is 2.12. The Labute approximate surface area is 199 Å². The van der Waals surface area contributed by atoms with E-state index in [0.717, 1.165) is 39.9 Å². The number of anilines is 1. The van der Waals surface area contributed by atoms with Crippen LogP contribution in [0.5, 0.6) is 0 Å². The zero-order valence-electron chi connectivity index (χ0n) is 19.2. The molecule has 2 N–H and O–H groups in total. The van der Waals surface area contributed by atoms with Crippen molar-refractivity contribution in [3.05, 3.63) is 82.9 Å². The van der Waals surface area contributed by atoms with Crippen LogP contribution >= 0.6 is 12.2 Å². The number of aryl methyl sites for hydroxylation is 2. The second kappa shape index (κ2) is 9.55. The summed E-state index contributed by atoms with van der Waals surface area (Å²) in [4.78, 5) is 17.1. The summed E-state index contributed by atoms with van der Waals surface area (Å²) in [5.41, 5.74) is 7.31. The van der Waals surface area contributed by atoms with Gasteiger partial charge in [-0.05, 0) is 104 Å². The number of rotatable bonds is 5. The molecule has 0 saturated carbocycles. The van der Waals surface area contributed by atoms with Crippen molar-refractivity contribution in [1.29, 1.82) is 0 Å². The Morgan fingerprint density at radius 3 is 2.48 bits per heavy atom. The van der Waals surface area contributed by atoms with Crippen LogP contribution in [-0.4, -0.2) is 16.0 Å². The molecule has 0 fully saturated rings. The molecule has 0 radical (unpaired) electrons. The first-order chi connectivity index (χ1) is 15.8. The topological polar surface area (TPSA) is 67.2 Å². The van der Waals surface area contributed by atoms with Gasteiger partial charge in [-0.25, -0.2) is 4.98 Å². The molecule has 1 heterocycles. The Balaban J connectivity index is 1.43. The maximum atomic E-state index is 12.5. The predicted octanol–water partition coefficient (Wildman–Crippen LogP) is 6.75. The summed E-state index contributed by atoms with van der Waals surface area (Å²) in [5, 5.41) is 6.01. The molecule has 1 atom stereocenters. The number of thiocarbonyl (C=S) groups is 1. The molecule has 5 nitrogen and oxygen atoms in total. The van der Waals surface area contributed by atoms with Gasteiger partial charge in [-0.1, -0.05) is 26.0 Å². The fraction of sp³-hybridized carbons (Fsp3) is 0.222. The van der Waals surface area contributed by atoms with Gasteiger partial charge in [-0.15, -0.1) is 0 Å². The monoisotopic (exact) mass is 457 g/mol. The minimum absolute atomic E-state index is 0.240. The van der Waals surface area contributed by atoms with Gasteiger partial charge in [0.25, 0.3) is 5.91 Å². The van der Waals surface area contributed by atoms with Crippen LogP contribution in [0.25, 0.3) is 22.6 Å². The standard InChI is InChI=1S/C27H27N3O2S/c1-5-16(2)20-10-13-24-23(15-20)29-26(32-24)19-8-11-22(12-9-19)28-27(33)30-25(31)21-7-6-17(3)18(4)14-21/h6-16H,5H2,1-4H3,(H2,28,30,31,33)/t16-/m1/s1. The van der Waals surface area contributed by atoms with E-state index in [-0.39, 0.29) is 11.0 Å². The Hall–Kier alpha value is -3.51. The number of nitrogens with one attached hydrogen (secondary N) is 2. The van der Waals surface area contributed by atoms with Crippen LogP contribution < -0.4 is 10.6 Å². The van der Waals surface area contributed by atoms with Gasteiger partial charge < -0.3 is 9.73 Å². The molecule has 4 aromatic rings. The molecule has 0 aliphatic carbocycles. The Morgan fingerprint density at radius 1 is 1.03 bits per heavy atom. The molecule has 0 saturated heterocycles. The molecule has 6 heteroatoms. The number of hydrogen-bond acceptors (Lipinski definition) is 4. The van der Waals surface area contributed by atoms with Crippen LogP contribution in [0, 0.1) is 13.8 Å². The molecule has 0 aliphatic rings. The Morgan fingerprint density at radius 2 is 1.79 bits per heavy atom. The number of nitrogens with zero attached hydrogens (tertiary/aromatic N) is 1. The molecule has 1 amide bonds. The lowest BCUT2D eigenvalue weighted by atomic mass is 9.98. The summed E-state index contributed by atoms with van der Waals surface area (Å²) in [6.45, 7) is 8.38. The van der Waals surface area contributed by atoms with Gasteiger partial charge in [-0.2, -0.15) is 0 Å². The number of carbonyl (C=O) groups is 1. The third-order valence-corrected chi connectivity index (χ3v) is 6.18. The minimum Gasteiger partial charge on any atom is -0.436 e. The highest BCUT2D eigenvalue weighted by Crippen LogP contribution is 2.28. The second-order valence-corrected chi connectivity index (χ2v) is 8.75. The van der Waals surface area contributed by atoms with E-state index in [1.807, 2.05) is 56.3 Å². The van der Waals surface area contributed by atoms with Crippen molar-refractivity contribution in [2.45, 2.75) is 40.0 Å². The maximum Gasteiger partial charge on any atom is 0.257 e. The van der Waals surface area contributed by atoms with Crippen LogP contribution in [0.2, 0.25) is 0 Å². The quantitative estimate of drug-likeness (QED) is 0.324. The van der Waals surface area contributed by atoms with Gasteiger partial charge in [0.15, 0.2) is 10.7 Å². The molecule has 168 valence electrons. The van der Waals surface area contributed by atoms with E-state index in [1.165, 1.54) is 5.56 Å². The third kappa shape index (κ3) is 5.12. The predicted molar refractivity (Wildman–Crippen MR) is 138 cm³/mol. The normalized spacial score (nSPS) is 11.9. The van der Waals surface area contributed by atoms with Crippen molar-refractivity contribution in [3.8, 4) is 11.5 Å². The van der Waals surface area contributed by atoms with E-state index >= 15 is 0 Å². The van der Waals surface area contributed by atoms with Gasteiger partial charge in [0.2, 0.25) is 5.89 Å². The van der Waals surface area contributed by atoms with E-state index < -0.39 is 0 Å². The number of hydrogen-bond donors (Lipinski definition) is 2. The summed E-state index contributed by atoms with van der Waals surface area (Å²) < 4.78 is 5.95. The molecule has 0 bridgehead atoms. The maximum absolute atomic E-state index is 12.5. The SMILES string of the molecule is CC[C@@H](C)c1ccc2oc(-c3ccc(NC(=S)NC(=O)c4ccc(C)c(C)c4)cc3)nc2c1. The summed E-state index contributed by atoms with van der Waals surface area (Å²) in [5.74, 6) is 0.818. The van der Waals surface area contributed by atoms with Crippen LogP contribution in [0.15, 0.2) is 65.1 Å². The summed E-state index contributed by atoms with van der Waals surface area (Å²) in [6, 6.07) is 19.3. The number of fused-ring (bicyclic) bond motifs is 1. The minimum atomic E-state index is -0.240. The zero-order valence-corrected chi connectivity index (χ0v) is 20.0. The fourth-order valence-corrected chi connectivity index (χ4v) is 3.74. The van der Waals surface area contributed by atoms with Crippen molar-refractivity contribution >= 4 is 40.0 Å². The number of aromatic nitrogens is 1. The van der Waals surface area contributed by atoms with Crippen LogP contribution in [0.4, 0.5) is 5.69 Å². The van der Waals surface area contributed by atoms with E-state index in [1.54, 1.807) is 6.07 Å². The van der Waals surface area contributed by atoms with E-state index in [4.69, 9.17) is 16.6 Å². The average Bonchev–Trinajstić information content (AvgIpc) is 3.24. The molecule has 1 aromatic heterocycles. The molecule has 3 aromatic carbocycles. The number of amides is 1. The van der Waals surface area contributed by atoms with Gasteiger partial charge >= 0.3 is 0 Å². The molecule has 4 rings (SSSR count). The summed E-state index contributed by atoms with van der Waals surface area (Å²) in [6.07, 6.45) is 1.08. The first-order valence-corrected chi connectivity index (χ1v) is 11.5. The molecule has 0 spiro atoms. The lowest BCUT2D eigenvalue weighted by Crippen LogP contribution is -2.34. The zero-order chi connectivity index (χ0) is 23.5. The number of carbonyl (C=O) groups excluding carboxylic acids is 1. The molecule has 33 heavy (non-hydrogen) atoms. The molecule has 0 aliphatic heterocycles. The van der Waals surface area contributed by atoms with Crippen molar-refractivity contribution in [3.63, 3.8) is 0 Å². The largest absolute Gasteiger partial charge is 0.436 e. The average molecular weight is 458 g/mol. The first kappa shape index (κ1) is 22.7. The molecular weight excluding hydrogens is 430 g/mol. The highest BCUT2D eigenvalue weighted by atomic mass is 32.1. The fourth-order valence-electron chi connectivity index (χ4n) is 3.53. The van der Waals surface area contributed by atoms with Gasteiger partial charge in [0.05, 0.1) is 0 Å². The molecular formula is C27H27N3O2S. The van der Waals surface area contributed by atoms with Crippen LogP contribution in [-0.2, 0) is 0 Å². The van der Waals surface area contributed by atoms with Gasteiger partial charge in [0, 0.05) is 16.8 Å². The van der Waals surface area contributed by atoms with Crippen LogP contribution in [0.3, 0.4) is 0 Å². The van der Waals surface area contributed by atoms with Crippen molar-refractivity contribution in [1.82, 2.24) is 10.3 Å². The van der Waals surface area contributed by atoms with E-state index in [9.17, 15) is 4.79 Å². The number of benzene rings is 3. The Kier molecular flexibility index (Phi) is 6.56. The summed E-state index contributed by atoms with van der Waals surface area (Å²) in [7, 11) is 0. The highest BCUT2D eigenvalue weighted by molar-refractivity contribution is 7.80. The van der Waals surface area contributed by atoms with Crippen molar-refractivity contribution < 1.29 is 9.21 Å². The van der Waals surface area contributed by atoms with Crippen LogP contribution in [0.1, 0.15) is 53.2 Å².